The number of carbonyl (C=O) groups is 1. The minimum atomic E-state index is -1.02. The lowest BCUT2D eigenvalue weighted by Gasteiger charge is -2.64. The molecule has 54 heavy (non-hydrogen) atoms. The molecule has 0 aromatic heterocycles. The molecule has 10 nitrogen and oxygen atoms in total. The van der Waals surface area contributed by atoms with Crippen molar-refractivity contribution in [3.63, 3.8) is 0 Å². The van der Waals surface area contributed by atoms with E-state index < -0.39 is 17.8 Å². The van der Waals surface area contributed by atoms with Crippen LogP contribution in [-0.4, -0.2) is 127 Å². The van der Waals surface area contributed by atoms with Crippen LogP contribution in [0.2, 0.25) is 0 Å². The van der Waals surface area contributed by atoms with Gasteiger partial charge in [-0.05, 0) is 130 Å². The molecule has 0 bridgehead atoms. The third-order valence-electron chi connectivity index (χ3n) is 17.8. The molecule has 0 amide bonds. The predicted octanol–water partition coefficient (Wildman–Crippen LogP) is 5.51. The number of ether oxygens (including phenoxy) is 5. The van der Waals surface area contributed by atoms with Gasteiger partial charge in [0.25, 0.3) is 0 Å². The van der Waals surface area contributed by atoms with Crippen molar-refractivity contribution in [3.8, 4) is 0 Å². The number of morpholine rings is 1. The number of esters is 1. The highest BCUT2D eigenvalue weighted by Crippen LogP contribution is 2.89. The molecule has 14 atom stereocenters. The lowest BCUT2D eigenvalue weighted by atomic mass is 9.41. The zero-order valence-corrected chi connectivity index (χ0v) is 35.1. The van der Waals surface area contributed by atoms with E-state index in [-0.39, 0.29) is 52.2 Å². The van der Waals surface area contributed by atoms with E-state index >= 15 is 0 Å². The van der Waals surface area contributed by atoms with Gasteiger partial charge in [-0.1, -0.05) is 34.6 Å². The molecule has 0 aromatic rings. The van der Waals surface area contributed by atoms with Crippen molar-refractivity contribution in [1.82, 2.24) is 9.80 Å². The fraction of sp³-hybridized carbons (Fsp3) is 0.977. The number of fused-ring (bicyclic) bond motifs is 4. The molecule has 8 aliphatic rings. The summed E-state index contributed by atoms with van der Waals surface area (Å²) in [6.45, 7) is 26.5. The van der Waals surface area contributed by atoms with Crippen LogP contribution in [0.5, 0.6) is 0 Å². The number of aliphatic hydroxyl groups is 2. The molecule has 3 aliphatic heterocycles. The zero-order valence-electron chi connectivity index (χ0n) is 35.1. The first-order valence-corrected chi connectivity index (χ1v) is 22.0. The van der Waals surface area contributed by atoms with E-state index in [0.717, 1.165) is 58.4 Å². The second-order valence-electron chi connectivity index (χ2n) is 21.1. The zero-order chi connectivity index (χ0) is 38.6. The third kappa shape index (κ3) is 5.94. The van der Waals surface area contributed by atoms with E-state index in [1.807, 2.05) is 27.7 Å². The molecule has 2 N–H and O–H groups in total. The highest BCUT2D eigenvalue weighted by molar-refractivity contribution is 5.71. The van der Waals surface area contributed by atoms with Crippen molar-refractivity contribution in [3.05, 3.63) is 0 Å². The first-order valence-electron chi connectivity index (χ1n) is 22.0. The SMILES string of the molecule is CCOC(=O)CN1CC(CN2CCO[C@@H](O[C@H]3CC[C@]45CC46CC[C@]4(C)[C@@H]7C(OC([C@H](OCC)C(C)(C)O)C[C@H]7C)[C@H](O)[C@@]4(C)C6CC[C@H]5C3(C)C)C2)C1. The van der Waals surface area contributed by atoms with E-state index in [2.05, 4.69) is 44.4 Å². The fourth-order valence-electron chi connectivity index (χ4n) is 15.5. The van der Waals surface area contributed by atoms with Crippen LogP contribution in [0.3, 0.4) is 0 Å². The smallest absolute Gasteiger partial charge is 0.320 e. The van der Waals surface area contributed by atoms with Gasteiger partial charge < -0.3 is 33.9 Å². The van der Waals surface area contributed by atoms with Gasteiger partial charge in [-0.3, -0.25) is 14.6 Å². The van der Waals surface area contributed by atoms with Crippen LogP contribution in [0.25, 0.3) is 0 Å². The molecule has 308 valence electrons. The third-order valence-corrected chi connectivity index (χ3v) is 17.8. The van der Waals surface area contributed by atoms with Crippen LogP contribution < -0.4 is 0 Å². The molecule has 0 aromatic carbocycles. The monoisotopic (exact) mass is 759 g/mol. The largest absolute Gasteiger partial charge is 0.465 e. The molecule has 8 rings (SSSR count). The molecule has 3 saturated heterocycles. The molecule has 5 aliphatic carbocycles. The fourth-order valence-corrected chi connectivity index (χ4v) is 15.5. The van der Waals surface area contributed by atoms with Gasteiger partial charge in [0.05, 0.1) is 49.8 Å². The maximum absolute atomic E-state index is 12.7. The van der Waals surface area contributed by atoms with E-state index in [4.69, 9.17) is 23.7 Å². The van der Waals surface area contributed by atoms with Crippen LogP contribution in [0, 0.1) is 56.7 Å². The average Bonchev–Trinajstić information content (AvgIpc) is 3.72. The number of likely N-dealkylation sites (tertiary alicyclic amines) is 1. The molecule has 2 spiro atoms. The topological polar surface area (TPSA) is 110 Å². The summed E-state index contributed by atoms with van der Waals surface area (Å²) in [4.78, 5) is 16.6. The standard InChI is InChI=1S/C44H74N2O8/c1-10-50-33(47)24-46-22-28(23-46)21-45-18-19-52-34(25-45)54-32-14-15-43-26-44(43)17-16-41(8)35-27(3)20-29(38(51-11-2)40(6,7)49)53-36(35)37(48)42(41,9)31(44)13-12-30(43)39(32,4)5/h27-32,34-38,48-49H,10-26H2,1-9H3/t27-,29?,30+,31?,32+,34+,35+,36?,37+,38+,41-,42-,43-,44?/m1/s1. The Bertz CT molecular complexity index is 1400. The molecular weight excluding hydrogens is 684 g/mol. The maximum Gasteiger partial charge on any atom is 0.320 e. The minimum Gasteiger partial charge on any atom is -0.465 e. The summed E-state index contributed by atoms with van der Waals surface area (Å²) in [6.07, 6.45) is 7.75. The van der Waals surface area contributed by atoms with Crippen molar-refractivity contribution in [1.29, 1.82) is 0 Å². The Hall–Kier alpha value is -0.850. The Morgan fingerprint density at radius 2 is 1.69 bits per heavy atom. The lowest BCUT2D eigenvalue weighted by molar-refractivity contribution is -0.249. The van der Waals surface area contributed by atoms with Gasteiger partial charge in [-0.15, -0.1) is 0 Å². The van der Waals surface area contributed by atoms with E-state index in [1.54, 1.807) is 0 Å². The highest BCUT2D eigenvalue weighted by atomic mass is 16.7. The summed E-state index contributed by atoms with van der Waals surface area (Å²) < 4.78 is 31.6. The highest BCUT2D eigenvalue weighted by Gasteiger charge is 2.84. The van der Waals surface area contributed by atoms with Gasteiger partial charge in [0, 0.05) is 44.7 Å². The Labute approximate surface area is 325 Å². The van der Waals surface area contributed by atoms with Gasteiger partial charge in [-0.25, -0.2) is 0 Å². The molecular formula is C44H74N2O8. The first-order chi connectivity index (χ1) is 25.4. The summed E-state index contributed by atoms with van der Waals surface area (Å²) in [7, 11) is 0. The van der Waals surface area contributed by atoms with Gasteiger partial charge in [0.15, 0.2) is 6.29 Å². The van der Waals surface area contributed by atoms with Crippen molar-refractivity contribution < 1.29 is 38.7 Å². The average molecular weight is 759 g/mol. The van der Waals surface area contributed by atoms with Crippen molar-refractivity contribution in [2.45, 2.75) is 156 Å². The quantitative estimate of drug-likeness (QED) is 0.262. The number of carbonyl (C=O) groups excluding carboxylic acids is 1. The van der Waals surface area contributed by atoms with Crippen LogP contribution in [0.15, 0.2) is 0 Å². The molecule has 3 heterocycles. The molecule has 10 heteroatoms. The number of hydrogen-bond donors (Lipinski definition) is 2. The second-order valence-corrected chi connectivity index (χ2v) is 21.1. The lowest BCUT2D eigenvalue weighted by Crippen LogP contribution is -2.60. The van der Waals surface area contributed by atoms with Crippen LogP contribution >= 0.6 is 0 Å². The molecule has 4 unspecified atom stereocenters. The van der Waals surface area contributed by atoms with Gasteiger partial charge in [0.1, 0.15) is 6.10 Å². The Kier molecular flexibility index (Phi) is 10.3. The summed E-state index contributed by atoms with van der Waals surface area (Å²) >= 11 is 0. The van der Waals surface area contributed by atoms with E-state index in [0.29, 0.717) is 61.4 Å². The van der Waals surface area contributed by atoms with Gasteiger partial charge in [0.2, 0.25) is 0 Å². The normalized spacial score (nSPS) is 48.0. The minimum absolute atomic E-state index is 0.00251. The second kappa shape index (κ2) is 13.9. The number of rotatable bonds is 11. The molecule has 8 fully saturated rings. The Morgan fingerprint density at radius 1 is 0.963 bits per heavy atom. The molecule has 0 radical (unpaired) electrons. The number of aliphatic hydroxyl groups excluding tert-OH is 1. The first kappa shape index (κ1) is 40.0. The van der Waals surface area contributed by atoms with Crippen LogP contribution in [-0.2, 0) is 28.5 Å². The summed E-state index contributed by atoms with van der Waals surface area (Å²) in [5.41, 5.74) is -0.591. The van der Waals surface area contributed by atoms with Gasteiger partial charge in [-0.2, -0.15) is 0 Å². The summed E-state index contributed by atoms with van der Waals surface area (Å²) in [6, 6.07) is 0. The van der Waals surface area contributed by atoms with Crippen LogP contribution in [0.4, 0.5) is 0 Å². The van der Waals surface area contributed by atoms with Crippen molar-refractivity contribution in [2.75, 3.05) is 59.1 Å². The van der Waals surface area contributed by atoms with E-state index in [9.17, 15) is 15.0 Å². The molecule has 5 saturated carbocycles. The maximum atomic E-state index is 12.7. The van der Waals surface area contributed by atoms with E-state index in [1.165, 1.54) is 25.7 Å². The van der Waals surface area contributed by atoms with Crippen molar-refractivity contribution >= 4 is 5.97 Å². The van der Waals surface area contributed by atoms with Crippen molar-refractivity contribution in [2.24, 2.45) is 56.7 Å². The Balaban J connectivity index is 0.932. The Morgan fingerprint density at radius 3 is 2.39 bits per heavy atom. The van der Waals surface area contributed by atoms with Gasteiger partial charge >= 0.3 is 5.97 Å². The summed E-state index contributed by atoms with van der Waals surface area (Å²) in [5.74, 6) is 2.21. The number of hydrogen-bond acceptors (Lipinski definition) is 10. The predicted molar refractivity (Wildman–Crippen MR) is 205 cm³/mol. The van der Waals surface area contributed by atoms with Crippen LogP contribution in [0.1, 0.15) is 114 Å². The number of nitrogens with zero attached hydrogens (tertiary/aromatic N) is 2. The summed E-state index contributed by atoms with van der Waals surface area (Å²) in [5, 5.41) is 23.8.